The van der Waals surface area contributed by atoms with E-state index in [0.29, 0.717) is 0 Å². The topological polar surface area (TPSA) is 18.5 Å². The third-order valence-electron chi connectivity index (χ3n) is 2.23. The van der Waals surface area contributed by atoms with Gasteiger partial charge in [0.1, 0.15) is 12.2 Å². The molecule has 1 unspecified atom stereocenters. The van der Waals surface area contributed by atoms with E-state index in [-0.39, 0.29) is 18.1 Å². The number of alkyl halides is 1. The first-order valence-corrected chi connectivity index (χ1v) is 6.28. The zero-order chi connectivity index (χ0) is 11.8. The van der Waals surface area contributed by atoms with Crippen molar-refractivity contribution in [1.82, 2.24) is 0 Å². The molecule has 0 amide bonds. The van der Waals surface area contributed by atoms with Crippen molar-refractivity contribution in [2.75, 3.05) is 12.4 Å². The van der Waals surface area contributed by atoms with Crippen LogP contribution in [0.1, 0.15) is 13.8 Å². The molecule has 0 aliphatic carbocycles. The Morgan fingerprint density at radius 1 is 1.60 bits per heavy atom. The van der Waals surface area contributed by atoms with Gasteiger partial charge in [0.15, 0.2) is 0 Å². The molecule has 0 aromatic rings. The van der Waals surface area contributed by atoms with Gasteiger partial charge < -0.3 is 8.92 Å². The minimum atomic E-state index is -0.142. The van der Waals surface area contributed by atoms with Crippen molar-refractivity contribution >= 4 is 28.8 Å². The van der Waals surface area contributed by atoms with Gasteiger partial charge in [0.05, 0.1) is 0 Å². The molecule has 0 rings (SSSR count). The number of methoxy groups -OCH3 is 1. The van der Waals surface area contributed by atoms with Crippen LogP contribution in [0.15, 0.2) is 24.3 Å². The fourth-order valence-electron chi connectivity index (χ4n) is 1.41. The third kappa shape index (κ3) is 5.20. The van der Waals surface area contributed by atoms with E-state index in [4.69, 9.17) is 8.92 Å². The maximum absolute atomic E-state index is 5.26. The first-order valence-electron chi connectivity index (χ1n) is 4.79. The monoisotopic (exact) mass is 294 g/mol. The van der Waals surface area contributed by atoms with Crippen LogP contribution < -0.4 is 0 Å². The highest BCUT2D eigenvalue weighted by molar-refractivity contribution is 9.09. The first kappa shape index (κ1) is 15.2. The van der Waals surface area contributed by atoms with Crippen LogP contribution in [0.5, 0.6) is 0 Å². The molecule has 0 aromatic heterocycles. The van der Waals surface area contributed by atoms with Gasteiger partial charge in [0.25, 0.3) is 0 Å². The van der Waals surface area contributed by atoms with Crippen LogP contribution in [0.25, 0.3) is 0 Å². The third-order valence-corrected chi connectivity index (χ3v) is 3.35. The molecule has 88 valence electrons. The highest BCUT2D eigenvalue weighted by Crippen LogP contribution is 2.19. The molecule has 0 heterocycles. The Labute approximate surface area is 106 Å². The molecule has 0 saturated heterocycles. The number of ether oxygens (including phenoxy) is 1. The smallest absolute Gasteiger partial charge is 0.108 e. The molecule has 4 heteroatoms. The van der Waals surface area contributed by atoms with E-state index in [0.717, 1.165) is 5.33 Å². The van der Waals surface area contributed by atoms with E-state index >= 15 is 0 Å². The Bertz CT molecular complexity index is 219. The Kier molecular flexibility index (Phi) is 8.52. The summed E-state index contributed by atoms with van der Waals surface area (Å²) in [6.07, 6.45) is 3.61. The molecule has 15 heavy (non-hydrogen) atoms. The second-order valence-corrected chi connectivity index (χ2v) is 4.28. The van der Waals surface area contributed by atoms with Crippen LogP contribution in [-0.4, -0.2) is 24.6 Å². The highest BCUT2D eigenvalue weighted by atomic mass is 79.9. The number of halogens is 1. The Morgan fingerprint density at radius 2 is 2.20 bits per heavy atom. The lowest BCUT2D eigenvalue weighted by Gasteiger charge is -2.25. The summed E-state index contributed by atoms with van der Waals surface area (Å²) in [5.74, 6) is 0.225. The average Bonchev–Trinajstić information content (AvgIpc) is 2.24. The van der Waals surface area contributed by atoms with Crippen molar-refractivity contribution < 1.29 is 8.92 Å². The van der Waals surface area contributed by atoms with Gasteiger partial charge >= 0.3 is 0 Å². The van der Waals surface area contributed by atoms with Crippen molar-refractivity contribution in [1.29, 1.82) is 0 Å². The van der Waals surface area contributed by atoms with E-state index in [9.17, 15) is 0 Å². The van der Waals surface area contributed by atoms with Gasteiger partial charge in [-0.3, -0.25) is 0 Å². The van der Waals surface area contributed by atoms with Crippen LogP contribution in [0.4, 0.5) is 0 Å². The molecule has 3 atom stereocenters. The number of allylic oxidation sites excluding steroid dienone is 1. The van der Waals surface area contributed by atoms with E-state index in [1.807, 2.05) is 0 Å². The molecule has 0 bridgehead atoms. The van der Waals surface area contributed by atoms with E-state index in [1.54, 1.807) is 13.2 Å². The van der Waals surface area contributed by atoms with Gasteiger partial charge in [0, 0.05) is 18.4 Å². The van der Waals surface area contributed by atoms with Gasteiger partial charge in [0.2, 0.25) is 0 Å². The normalized spacial score (nSPS) is 18.3. The van der Waals surface area contributed by atoms with Gasteiger partial charge in [-0.05, 0) is 19.8 Å². The molecule has 2 nitrogen and oxygen atoms in total. The lowest BCUT2D eigenvalue weighted by Crippen LogP contribution is -2.32. The summed E-state index contributed by atoms with van der Waals surface area (Å²) in [5, 5.41) is 0.863. The molecule has 0 N–H and O–H groups in total. The molecule has 0 radical (unpaired) electrons. The zero-order valence-corrected chi connectivity index (χ0v) is 11.9. The fourth-order valence-corrected chi connectivity index (χ4v) is 1.91. The maximum Gasteiger partial charge on any atom is 0.108 e. The molecule has 0 saturated carbocycles. The summed E-state index contributed by atoms with van der Waals surface area (Å²) < 4.78 is 10.4. The van der Waals surface area contributed by atoms with Gasteiger partial charge in [-0.1, -0.05) is 40.6 Å². The molecule has 0 aliphatic heterocycles. The molecule has 0 spiro atoms. The number of hydrogen-bond donors (Lipinski definition) is 1. The quantitative estimate of drug-likeness (QED) is 0.336. The lowest BCUT2D eigenvalue weighted by atomic mass is 9.97. The Hall–Kier alpha value is 0.230. The molecule has 0 aliphatic rings. The zero-order valence-electron chi connectivity index (χ0n) is 9.44. The Morgan fingerprint density at radius 3 is 2.53 bits per heavy atom. The van der Waals surface area contributed by atoms with Crippen molar-refractivity contribution in [3.63, 3.8) is 0 Å². The van der Waals surface area contributed by atoms with Crippen LogP contribution >= 0.6 is 28.8 Å². The summed E-state index contributed by atoms with van der Waals surface area (Å²) in [6, 6.07) is 0. The van der Waals surface area contributed by atoms with Crippen LogP contribution in [0, 0.1) is 5.92 Å². The van der Waals surface area contributed by atoms with Gasteiger partial charge in [-0.2, -0.15) is 0 Å². The molecular weight excluding hydrogens is 276 g/mol. The Balaban J connectivity index is 4.58. The summed E-state index contributed by atoms with van der Waals surface area (Å²) in [4.78, 5) is 0. The highest BCUT2D eigenvalue weighted by Gasteiger charge is 2.23. The minimum Gasteiger partial charge on any atom is -0.375 e. The predicted molar refractivity (Wildman–Crippen MR) is 71.6 cm³/mol. The molecular formula is C11H19BrO2S. The van der Waals surface area contributed by atoms with E-state index in [1.165, 1.54) is 5.57 Å². The van der Waals surface area contributed by atoms with Gasteiger partial charge in [-0.15, -0.1) is 6.58 Å². The first-order chi connectivity index (χ1) is 7.10. The van der Waals surface area contributed by atoms with Crippen molar-refractivity contribution in [2.45, 2.75) is 26.1 Å². The SMILES string of the molecule is C=CC(OC)[C@@H](OS)[C@H](C)/C=C(/C)CBr. The second kappa shape index (κ2) is 8.39. The average molecular weight is 295 g/mol. The lowest BCUT2D eigenvalue weighted by molar-refractivity contribution is 0.0265. The van der Waals surface area contributed by atoms with Crippen LogP contribution in [0.3, 0.4) is 0 Å². The second-order valence-electron chi connectivity index (χ2n) is 3.51. The fraction of sp³-hybridized carbons (Fsp3) is 0.636. The van der Waals surface area contributed by atoms with Crippen molar-refractivity contribution in [3.8, 4) is 0 Å². The van der Waals surface area contributed by atoms with Crippen LogP contribution in [-0.2, 0) is 8.92 Å². The van der Waals surface area contributed by atoms with E-state index in [2.05, 4.69) is 55.3 Å². The number of rotatable bonds is 7. The summed E-state index contributed by atoms with van der Waals surface area (Å²) in [6.45, 7) is 7.85. The molecule has 0 aromatic carbocycles. The van der Waals surface area contributed by atoms with Gasteiger partial charge in [-0.25, -0.2) is 0 Å². The van der Waals surface area contributed by atoms with E-state index < -0.39 is 0 Å². The summed E-state index contributed by atoms with van der Waals surface area (Å²) in [7, 11) is 1.64. The van der Waals surface area contributed by atoms with Crippen molar-refractivity contribution in [3.05, 3.63) is 24.3 Å². The summed E-state index contributed by atoms with van der Waals surface area (Å²) in [5.41, 5.74) is 1.26. The predicted octanol–water partition coefficient (Wildman–Crippen LogP) is 3.39. The maximum atomic E-state index is 5.26. The number of hydrogen-bond acceptors (Lipinski definition) is 3. The minimum absolute atomic E-state index is 0.121. The summed E-state index contributed by atoms with van der Waals surface area (Å²) >= 11 is 7.29. The standard InChI is InChI=1S/C11H19BrO2S/c1-5-10(13-4)11(14-15)9(3)6-8(2)7-12/h5-6,9-11,15H,1,7H2,2-4H3/b8-6-/t9-,10?,11+/m1/s1. The largest absolute Gasteiger partial charge is 0.375 e. The van der Waals surface area contributed by atoms with Crippen molar-refractivity contribution in [2.24, 2.45) is 5.92 Å². The number of thiol groups is 1. The molecule has 0 fully saturated rings. The van der Waals surface area contributed by atoms with Crippen LogP contribution in [0.2, 0.25) is 0 Å².